The van der Waals surface area contributed by atoms with E-state index in [1.807, 2.05) is 17.8 Å². The summed E-state index contributed by atoms with van der Waals surface area (Å²) in [4.78, 5) is 4.13. The molecule has 0 amide bonds. The molecule has 3 nitrogen and oxygen atoms in total. The number of aromatic nitrogens is 3. The van der Waals surface area contributed by atoms with Crippen molar-refractivity contribution < 1.29 is 0 Å². The highest BCUT2D eigenvalue weighted by Gasteiger charge is 2.02. The smallest absolute Gasteiger partial charge is 0.0677 e. The van der Waals surface area contributed by atoms with Crippen molar-refractivity contribution in [3.63, 3.8) is 0 Å². The van der Waals surface area contributed by atoms with Crippen LogP contribution in [0.3, 0.4) is 0 Å². The summed E-state index contributed by atoms with van der Waals surface area (Å²) in [5.74, 6) is 0. The quantitative estimate of drug-likeness (QED) is 0.836. The van der Waals surface area contributed by atoms with E-state index < -0.39 is 0 Å². The highest BCUT2D eigenvalue weighted by molar-refractivity contribution is 9.10. The summed E-state index contributed by atoms with van der Waals surface area (Å²) >= 11 is 3.41. The lowest BCUT2D eigenvalue weighted by atomic mass is 10.3. The Hall–Kier alpha value is -1.16. The lowest BCUT2D eigenvalue weighted by Crippen LogP contribution is -2.04. The predicted molar refractivity (Wildman–Crippen MR) is 62.7 cm³/mol. The van der Waals surface area contributed by atoms with Gasteiger partial charge in [0, 0.05) is 22.6 Å². The minimum absolute atomic E-state index is 0.770. The molecule has 0 bridgehead atoms. The van der Waals surface area contributed by atoms with Crippen molar-refractivity contribution in [3.05, 3.63) is 46.0 Å². The van der Waals surface area contributed by atoms with Gasteiger partial charge in [0.05, 0.1) is 12.2 Å². The van der Waals surface area contributed by atoms with E-state index in [2.05, 4.69) is 45.1 Å². The van der Waals surface area contributed by atoms with Gasteiger partial charge in [-0.05, 0) is 47.5 Å². The van der Waals surface area contributed by atoms with Gasteiger partial charge in [-0.2, -0.15) is 5.10 Å². The van der Waals surface area contributed by atoms with Crippen molar-refractivity contribution in [2.75, 3.05) is 0 Å². The van der Waals surface area contributed by atoms with Crippen molar-refractivity contribution in [3.8, 4) is 0 Å². The molecule has 0 saturated heterocycles. The van der Waals surface area contributed by atoms with Gasteiger partial charge in [0.2, 0.25) is 0 Å². The number of aryl methyl sites for hydroxylation is 2. The molecule has 0 aromatic carbocycles. The summed E-state index contributed by atoms with van der Waals surface area (Å²) < 4.78 is 2.99. The standard InChI is InChI=1S/C11H12BrN3/c1-8-3-9(2)15(14-8)7-10-4-11(12)6-13-5-10/h3-6H,7H2,1-2H3. The molecule has 2 heterocycles. The fourth-order valence-electron chi connectivity index (χ4n) is 1.55. The van der Waals surface area contributed by atoms with Crippen LogP contribution in [0, 0.1) is 13.8 Å². The molecular weight excluding hydrogens is 254 g/mol. The molecule has 0 saturated carbocycles. The van der Waals surface area contributed by atoms with E-state index in [0.29, 0.717) is 0 Å². The number of hydrogen-bond acceptors (Lipinski definition) is 2. The highest BCUT2D eigenvalue weighted by Crippen LogP contribution is 2.11. The topological polar surface area (TPSA) is 30.7 Å². The van der Waals surface area contributed by atoms with Crippen molar-refractivity contribution in [1.82, 2.24) is 14.8 Å². The highest BCUT2D eigenvalue weighted by atomic mass is 79.9. The molecule has 0 fully saturated rings. The fourth-order valence-corrected chi connectivity index (χ4v) is 1.96. The molecule has 0 atom stereocenters. The number of nitrogens with zero attached hydrogens (tertiary/aromatic N) is 3. The fraction of sp³-hybridized carbons (Fsp3) is 0.273. The van der Waals surface area contributed by atoms with Crippen LogP contribution in [0.1, 0.15) is 17.0 Å². The number of hydrogen-bond donors (Lipinski definition) is 0. The van der Waals surface area contributed by atoms with E-state index in [9.17, 15) is 0 Å². The molecule has 0 aliphatic heterocycles. The van der Waals surface area contributed by atoms with E-state index in [0.717, 1.165) is 22.3 Å². The van der Waals surface area contributed by atoms with Gasteiger partial charge in [0.25, 0.3) is 0 Å². The van der Waals surface area contributed by atoms with Crippen LogP contribution >= 0.6 is 15.9 Å². The van der Waals surface area contributed by atoms with Crippen molar-refractivity contribution in [2.24, 2.45) is 0 Å². The zero-order valence-corrected chi connectivity index (χ0v) is 10.3. The summed E-state index contributed by atoms with van der Waals surface area (Å²) in [5.41, 5.74) is 3.37. The summed E-state index contributed by atoms with van der Waals surface area (Å²) in [6, 6.07) is 4.13. The van der Waals surface area contributed by atoms with Crippen molar-refractivity contribution in [2.45, 2.75) is 20.4 Å². The third-order valence-corrected chi connectivity index (χ3v) is 2.63. The Kier molecular flexibility index (Phi) is 2.86. The molecule has 2 rings (SSSR count). The van der Waals surface area contributed by atoms with E-state index in [1.54, 1.807) is 6.20 Å². The molecule has 4 heteroatoms. The van der Waals surface area contributed by atoms with Gasteiger partial charge in [0.15, 0.2) is 0 Å². The van der Waals surface area contributed by atoms with Crippen LogP contribution in [0.25, 0.3) is 0 Å². The maximum Gasteiger partial charge on any atom is 0.0677 e. The molecule has 0 aliphatic carbocycles. The van der Waals surface area contributed by atoms with Crippen LogP contribution in [0.4, 0.5) is 0 Å². The van der Waals surface area contributed by atoms with Crippen LogP contribution < -0.4 is 0 Å². The molecule has 0 aliphatic rings. The minimum Gasteiger partial charge on any atom is -0.265 e. The van der Waals surface area contributed by atoms with Crippen LogP contribution in [0.2, 0.25) is 0 Å². The molecule has 2 aromatic heterocycles. The molecule has 2 aromatic rings. The first kappa shape index (κ1) is 10.4. The molecule has 0 unspecified atom stereocenters. The molecular formula is C11H12BrN3. The van der Waals surface area contributed by atoms with Crippen molar-refractivity contribution >= 4 is 15.9 Å². The second kappa shape index (κ2) is 4.14. The van der Waals surface area contributed by atoms with Crippen LogP contribution in [-0.4, -0.2) is 14.8 Å². The van der Waals surface area contributed by atoms with Crippen molar-refractivity contribution in [1.29, 1.82) is 0 Å². The zero-order chi connectivity index (χ0) is 10.8. The number of rotatable bonds is 2. The second-order valence-electron chi connectivity index (χ2n) is 3.60. The van der Waals surface area contributed by atoms with Crippen LogP contribution in [0.15, 0.2) is 29.0 Å². The first-order chi connectivity index (χ1) is 7.15. The Morgan fingerprint density at radius 2 is 2.07 bits per heavy atom. The molecule has 15 heavy (non-hydrogen) atoms. The number of halogens is 1. The average molecular weight is 266 g/mol. The predicted octanol–water partition coefficient (Wildman–Crippen LogP) is 2.71. The summed E-state index contributed by atoms with van der Waals surface area (Å²) in [7, 11) is 0. The first-order valence-corrected chi connectivity index (χ1v) is 5.55. The first-order valence-electron chi connectivity index (χ1n) is 4.75. The summed E-state index contributed by atoms with van der Waals surface area (Å²) in [6.07, 6.45) is 3.64. The largest absolute Gasteiger partial charge is 0.265 e. The monoisotopic (exact) mass is 265 g/mol. The SMILES string of the molecule is Cc1cc(C)n(Cc2cncc(Br)c2)n1. The van der Waals surface area contributed by atoms with Gasteiger partial charge in [0.1, 0.15) is 0 Å². The van der Waals surface area contributed by atoms with Gasteiger partial charge in [-0.1, -0.05) is 0 Å². The summed E-state index contributed by atoms with van der Waals surface area (Å²) in [6.45, 7) is 4.83. The maximum absolute atomic E-state index is 4.41. The Morgan fingerprint density at radius 1 is 1.27 bits per heavy atom. The van der Waals surface area contributed by atoms with E-state index >= 15 is 0 Å². The minimum atomic E-state index is 0.770. The second-order valence-corrected chi connectivity index (χ2v) is 4.51. The van der Waals surface area contributed by atoms with Gasteiger partial charge >= 0.3 is 0 Å². The van der Waals surface area contributed by atoms with Crippen LogP contribution in [0.5, 0.6) is 0 Å². The molecule has 78 valence electrons. The van der Waals surface area contributed by atoms with Crippen LogP contribution in [-0.2, 0) is 6.54 Å². The Balaban J connectivity index is 2.25. The lowest BCUT2D eigenvalue weighted by Gasteiger charge is -2.04. The van der Waals surface area contributed by atoms with Gasteiger partial charge in [-0.3, -0.25) is 9.67 Å². The van der Waals surface area contributed by atoms with Gasteiger partial charge in [-0.25, -0.2) is 0 Å². The average Bonchev–Trinajstić information content (AvgIpc) is 2.45. The van der Waals surface area contributed by atoms with Gasteiger partial charge < -0.3 is 0 Å². The lowest BCUT2D eigenvalue weighted by molar-refractivity contribution is 0.657. The Bertz CT molecular complexity index is 476. The summed E-state index contributed by atoms with van der Waals surface area (Å²) in [5, 5.41) is 4.41. The molecule has 0 spiro atoms. The van der Waals surface area contributed by atoms with Gasteiger partial charge in [-0.15, -0.1) is 0 Å². The molecule has 0 N–H and O–H groups in total. The number of pyridine rings is 1. The third kappa shape index (κ3) is 2.45. The molecule has 0 radical (unpaired) electrons. The van der Waals surface area contributed by atoms with E-state index in [-0.39, 0.29) is 0 Å². The maximum atomic E-state index is 4.41. The van der Waals surface area contributed by atoms with E-state index in [4.69, 9.17) is 0 Å². The normalized spacial score (nSPS) is 10.6. The zero-order valence-electron chi connectivity index (χ0n) is 8.74. The van der Waals surface area contributed by atoms with E-state index in [1.165, 1.54) is 5.69 Å². The Morgan fingerprint density at radius 3 is 2.67 bits per heavy atom. The third-order valence-electron chi connectivity index (χ3n) is 2.20. The Labute approximate surface area is 97.3 Å².